The minimum Gasteiger partial charge on any atom is -0.327 e. The highest BCUT2D eigenvalue weighted by Gasteiger charge is 2.12. The van der Waals surface area contributed by atoms with Gasteiger partial charge in [-0.1, -0.05) is 19.9 Å². The maximum absolute atomic E-state index is 13.2. The van der Waals surface area contributed by atoms with E-state index < -0.39 is 0 Å². The van der Waals surface area contributed by atoms with Gasteiger partial charge in [0.2, 0.25) is 5.91 Å². The van der Waals surface area contributed by atoms with Crippen LogP contribution < -0.4 is 11.1 Å². The molecule has 1 aromatic rings. The van der Waals surface area contributed by atoms with E-state index in [2.05, 4.69) is 19.2 Å². The molecule has 21 heavy (non-hydrogen) atoms. The van der Waals surface area contributed by atoms with Crippen molar-refractivity contribution in [2.24, 2.45) is 11.7 Å². The first-order chi connectivity index (χ1) is 9.79. The average molecular weight is 295 g/mol. The van der Waals surface area contributed by atoms with Crippen LogP contribution in [-0.4, -0.2) is 37.0 Å². The Kier molecular flexibility index (Phi) is 6.78. The summed E-state index contributed by atoms with van der Waals surface area (Å²) < 4.78 is 13.2. The van der Waals surface area contributed by atoms with Crippen LogP contribution >= 0.6 is 0 Å². The molecule has 1 aromatic carbocycles. The Morgan fingerprint density at radius 2 is 2.10 bits per heavy atom. The average Bonchev–Trinajstić information content (AvgIpc) is 2.39. The summed E-state index contributed by atoms with van der Waals surface area (Å²) in [6, 6.07) is 4.50. The third-order valence-corrected chi connectivity index (χ3v) is 3.59. The topological polar surface area (TPSA) is 58.4 Å². The molecule has 1 amide bonds. The van der Waals surface area contributed by atoms with E-state index in [0.717, 1.165) is 18.5 Å². The Balaban J connectivity index is 2.44. The zero-order chi connectivity index (χ0) is 16.0. The van der Waals surface area contributed by atoms with Gasteiger partial charge in [-0.2, -0.15) is 0 Å². The quantitative estimate of drug-likeness (QED) is 0.812. The maximum Gasteiger partial charge on any atom is 0.238 e. The fourth-order valence-corrected chi connectivity index (χ4v) is 1.95. The molecule has 0 aliphatic rings. The van der Waals surface area contributed by atoms with Crippen LogP contribution in [0.2, 0.25) is 0 Å². The minimum atomic E-state index is -0.354. The largest absolute Gasteiger partial charge is 0.327 e. The lowest BCUT2D eigenvalue weighted by Gasteiger charge is -2.21. The summed E-state index contributed by atoms with van der Waals surface area (Å²) in [6.45, 7) is 7.03. The number of hydrogen-bond donors (Lipinski definition) is 2. The predicted molar refractivity (Wildman–Crippen MR) is 84.7 cm³/mol. The molecule has 118 valence electrons. The number of nitrogens with two attached hydrogens (primary N) is 1. The molecule has 0 aliphatic heterocycles. The van der Waals surface area contributed by atoms with Gasteiger partial charge in [0.25, 0.3) is 0 Å². The summed E-state index contributed by atoms with van der Waals surface area (Å²) in [7, 11) is 1.88. The van der Waals surface area contributed by atoms with Gasteiger partial charge in [-0.15, -0.1) is 0 Å². The van der Waals surface area contributed by atoms with E-state index in [9.17, 15) is 9.18 Å². The highest BCUT2D eigenvalue weighted by molar-refractivity contribution is 5.92. The molecule has 5 heteroatoms. The number of halogens is 1. The van der Waals surface area contributed by atoms with Crippen LogP contribution in [0.15, 0.2) is 18.2 Å². The normalized spacial score (nSPS) is 12.8. The SMILES string of the molecule is Cc1ccc(F)cc1NC(=O)CN(C)CCC(N)C(C)C. The van der Waals surface area contributed by atoms with Crippen molar-refractivity contribution in [3.63, 3.8) is 0 Å². The van der Waals surface area contributed by atoms with Gasteiger partial charge in [-0.05, 0) is 50.6 Å². The van der Waals surface area contributed by atoms with Crippen molar-refractivity contribution in [3.8, 4) is 0 Å². The molecule has 0 saturated heterocycles. The number of benzene rings is 1. The lowest BCUT2D eigenvalue weighted by Crippen LogP contribution is -2.35. The number of hydrogen-bond acceptors (Lipinski definition) is 3. The maximum atomic E-state index is 13.2. The van der Waals surface area contributed by atoms with Crippen LogP contribution in [0.25, 0.3) is 0 Å². The van der Waals surface area contributed by atoms with Crippen molar-refractivity contribution in [3.05, 3.63) is 29.6 Å². The van der Waals surface area contributed by atoms with Crippen molar-refractivity contribution in [2.75, 3.05) is 25.5 Å². The Hall–Kier alpha value is -1.46. The van der Waals surface area contributed by atoms with Crippen LogP contribution in [0.1, 0.15) is 25.8 Å². The van der Waals surface area contributed by atoms with E-state index in [1.54, 1.807) is 6.07 Å². The zero-order valence-electron chi connectivity index (χ0n) is 13.3. The number of rotatable bonds is 7. The number of carbonyl (C=O) groups excluding carboxylic acids is 1. The van der Waals surface area contributed by atoms with Crippen molar-refractivity contribution in [2.45, 2.75) is 33.2 Å². The smallest absolute Gasteiger partial charge is 0.238 e. The van der Waals surface area contributed by atoms with Gasteiger partial charge < -0.3 is 11.1 Å². The highest BCUT2D eigenvalue weighted by Crippen LogP contribution is 2.15. The summed E-state index contributed by atoms with van der Waals surface area (Å²) in [6.07, 6.45) is 0.848. The number of amides is 1. The lowest BCUT2D eigenvalue weighted by molar-refractivity contribution is -0.117. The van der Waals surface area contributed by atoms with E-state index in [4.69, 9.17) is 5.73 Å². The first-order valence-corrected chi connectivity index (χ1v) is 7.29. The molecule has 4 nitrogen and oxygen atoms in total. The lowest BCUT2D eigenvalue weighted by atomic mass is 10.0. The first kappa shape index (κ1) is 17.6. The number of likely N-dealkylation sites (N-methyl/N-ethyl adjacent to an activating group) is 1. The van der Waals surface area contributed by atoms with E-state index in [1.165, 1.54) is 12.1 Å². The van der Waals surface area contributed by atoms with Gasteiger partial charge in [-0.25, -0.2) is 4.39 Å². The molecule has 0 fully saturated rings. The molecule has 3 N–H and O–H groups in total. The number of aryl methyl sites for hydroxylation is 1. The van der Waals surface area contributed by atoms with E-state index in [1.807, 2.05) is 18.9 Å². The molecular weight excluding hydrogens is 269 g/mol. The molecule has 1 unspecified atom stereocenters. The summed E-state index contributed by atoms with van der Waals surface area (Å²) in [5.41, 5.74) is 7.35. The molecule has 0 aromatic heterocycles. The summed E-state index contributed by atoms with van der Waals surface area (Å²) >= 11 is 0. The Morgan fingerprint density at radius 3 is 2.71 bits per heavy atom. The fourth-order valence-electron chi connectivity index (χ4n) is 1.95. The van der Waals surface area contributed by atoms with E-state index in [-0.39, 0.29) is 24.3 Å². The molecule has 0 heterocycles. The van der Waals surface area contributed by atoms with E-state index >= 15 is 0 Å². The van der Waals surface area contributed by atoms with Gasteiger partial charge in [0.05, 0.1) is 6.54 Å². The summed E-state index contributed by atoms with van der Waals surface area (Å²) in [4.78, 5) is 13.9. The fraction of sp³-hybridized carbons (Fsp3) is 0.562. The second kappa shape index (κ2) is 8.10. The van der Waals surface area contributed by atoms with Crippen molar-refractivity contribution < 1.29 is 9.18 Å². The molecule has 0 saturated carbocycles. The monoisotopic (exact) mass is 295 g/mol. The third kappa shape index (κ3) is 6.23. The van der Waals surface area contributed by atoms with Crippen LogP contribution in [0.3, 0.4) is 0 Å². The number of carbonyl (C=O) groups is 1. The number of nitrogens with one attached hydrogen (secondary N) is 1. The molecular formula is C16H26FN3O. The molecule has 0 bridgehead atoms. The summed E-state index contributed by atoms with van der Waals surface area (Å²) in [5.74, 6) is -0.0707. The molecule has 1 atom stereocenters. The standard InChI is InChI=1S/C16H26FN3O/c1-11(2)14(18)7-8-20(4)10-16(21)19-15-9-13(17)6-5-12(15)3/h5-6,9,11,14H,7-8,10,18H2,1-4H3,(H,19,21). The van der Waals surface area contributed by atoms with Crippen molar-refractivity contribution in [1.29, 1.82) is 0 Å². The van der Waals surface area contributed by atoms with Crippen LogP contribution in [-0.2, 0) is 4.79 Å². The number of anilines is 1. The molecule has 0 radical (unpaired) electrons. The predicted octanol–water partition coefficient (Wildman–Crippen LogP) is 2.38. The molecule has 0 aliphatic carbocycles. The van der Waals surface area contributed by atoms with Crippen molar-refractivity contribution in [1.82, 2.24) is 4.90 Å². The molecule has 0 spiro atoms. The molecule has 1 rings (SSSR count). The van der Waals surface area contributed by atoms with Crippen LogP contribution in [0.5, 0.6) is 0 Å². The van der Waals surface area contributed by atoms with Crippen LogP contribution in [0.4, 0.5) is 10.1 Å². The zero-order valence-corrected chi connectivity index (χ0v) is 13.3. The van der Waals surface area contributed by atoms with Gasteiger partial charge in [-0.3, -0.25) is 9.69 Å². The Bertz CT molecular complexity index is 477. The van der Waals surface area contributed by atoms with Gasteiger partial charge >= 0.3 is 0 Å². The van der Waals surface area contributed by atoms with Gasteiger partial charge in [0.1, 0.15) is 5.82 Å². The second-order valence-corrected chi connectivity index (χ2v) is 5.94. The van der Waals surface area contributed by atoms with Crippen LogP contribution in [0, 0.1) is 18.7 Å². The Morgan fingerprint density at radius 1 is 1.43 bits per heavy atom. The van der Waals surface area contributed by atoms with Gasteiger partial charge in [0, 0.05) is 11.7 Å². The minimum absolute atomic E-state index is 0.140. The second-order valence-electron chi connectivity index (χ2n) is 5.94. The highest BCUT2D eigenvalue weighted by atomic mass is 19.1. The Labute approximate surface area is 126 Å². The van der Waals surface area contributed by atoms with Gasteiger partial charge in [0.15, 0.2) is 0 Å². The number of nitrogens with zero attached hydrogens (tertiary/aromatic N) is 1. The summed E-state index contributed by atoms with van der Waals surface area (Å²) in [5, 5.41) is 2.74. The van der Waals surface area contributed by atoms with E-state index in [0.29, 0.717) is 11.6 Å². The third-order valence-electron chi connectivity index (χ3n) is 3.59. The first-order valence-electron chi connectivity index (χ1n) is 7.29. The van der Waals surface area contributed by atoms with Crippen molar-refractivity contribution >= 4 is 11.6 Å².